The number of hydrogen-bond acceptors (Lipinski definition) is 6. The quantitative estimate of drug-likeness (QED) is 0.405. The fourth-order valence-electron chi connectivity index (χ4n) is 3.75. The van der Waals surface area contributed by atoms with Crippen LogP contribution in [0.25, 0.3) is 0 Å². The average Bonchev–Trinajstić information content (AvgIpc) is 2.72. The van der Waals surface area contributed by atoms with E-state index in [9.17, 15) is 18.4 Å². The molecule has 170 valence electrons. The second-order valence-corrected chi connectivity index (χ2v) is 10.9. The summed E-state index contributed by atoms with van der Waals surface area (Å²) in [6.07, 6.45) is 3.42. The van der Waals surface area contributed by atoms with Gasteiger partial charge in [0.1, 0.15) is 5.75 Å². The minimum Gasteiger partial charge on any atom is -0.494 e. The van der Waals surface area contributed by atoms with Crippen LogP contribution in [-0.4, -0.2) is 55.4 Å². The highest BCUT2D eigenvalue weighted by molar-refractivity contribution is 7.92. The van der Waals surface area contributed by atoms with Gasteiger partial charge in [0, 0.05) is 13.1 Å². The van der Waals surface area contributed by atoms with Gasteiger partial charge in [-0.15, -0.1) is 0 Å². The van der Waals surface area contributed by atoms with E-state index < -0.39 is 20.5 Å². The van der Waals surface area contributed by atoms with Crippen molar-refractivity contribution in [2.24, 2.45) is 5.92 Å². The lowest BCUT2D eigenvalue weighted by Crippen LogP contribution is -2.58. The van der Waals surface area contributed by atoms with Crippen molar-refractivity contribution in [3.63, 3.8) is 0 Å². The highest BCUT2D eigenvalue weighted by Crippen LogP contribution is 2.34. The number of carbonyl (C=O) groups is 1. The Hall–Kier alpha value is -1.64. The minimum absolute atomic E-state index is 0.182. The predicted molar refractivity (Wildman–Crippen MR) is 117 cm³/mol. The molecule has 0 radical (unpaired) electrons. The first-order valence-corrected chi connectivity index (χ1v) is 12.5. The normalized spacial score (nSPS) is 17.1. The highest BCUT2D eigenvalue weighted by atomic mass is 32.2. The number of nitrogens with one attached hydrogen (secondary N) is 1. The Morgan fingerprint density at radius 3 is 2.40 bits per heavy atom. The van der Waals surface area contributed by atoms with Gasteiger partial charge in [-0.05, 0) is 55.8 Å². The number of unbranched alkanes of at least 4 members (excludes halogenated alkanes) is 1. The minimum atomic E-state index is -3.83. The van der Waals surface area contributed by atoms with E-state index >= 15 is 0 Å². The molecule has 1 fully saturated rings. The van der Waals surface area contributed by atoms with Crippen LogP contribution < -0.4 is 10.2 Å². The molecule has 1 heterocycles. The summed E-state index contributed by atoms with van der Waals surface area (Å²) in [6, 6.07) is 6.97. The third kappa shape index (κ3) is 6.18. The Morgan fingerprint density at radius 1 is 1.23 bits per heavy atom. The van der Waals surface area contributed by atoms with Crippen LogP contribution in [0.5, 0.6) is 5.75 Å². The van der Waals surface area contributed by atoms with Crippen LogP contribution in [0.1, 0.15) is 58.4 Å². The maximum absolute atomic E-state index is 13.3. The van der Waals surface area contributed by atoms with Crippen LogP contribution in [0, 0.1) is 5.92 Å². The van der Waals surface area contributed by atoms with Gasteiger partial charge in [-0.3, -0.25) is 10.0 Å². The molecule has 1 aliphatic heterocycles. The third-order valence-electron chi connectivity index (χ3n) is 5.85. The Balaban J connectivity index is 2.09. The van der Waals surface area contributed by atoms with Crippen molar-refractivity contribution in [3.8, 4) is 5.75 Å². The Morgan fingerprint density at radius 2 is 1.87 bits per heavy atom. The first-order chi connectivity index (χ1) is 14.2. The number of rotatable bonds is 11. The predicted octanol–water partition coefficient (Wildman–Crippen LogP) is 3.17. The number of likely N-dealkylation sites (tertiary alicyclic amines) is 1. The van der Waals surface area contributed by atoms with Crippen molar-refractivity contribution in [1.82, 2.24) is 10.4 Å². The molecule has 30 heavy (non-hydrogen) atoms. The van der Waals surface area contributed by atoms with Crippen molar-refractivity contribution < 1.29 is 23.2 Å². The maximum Gasteiger partial charge on any atom is 0.264 e. The summed E-state index contributed by atoms with van der Waals surface area (Å²) in [5.41, 5.74) is 2.21. The van der Waals surface area contributed by atoms with Gasteiger partial charge in [-0.2, -0.15) is 0 Å². The van der Waals surface area contributed by atoms with Crippen molar-refractivity contribution in [2.75, 3.05) is 26.2 Å². The average molecular weight is 441 g/mol. The van der Waals surface area contributed by atoms with E-state index in [1.54, 1.807) is 29.7 Å². The van der Waals surface area contributed by atoms with Crippen LogP contribution in [0.4, 0.5) is 0 Å². The molecule has 1 amide bonds. The zero-order valence-corrected chi connectivity index (χ0v) is 19.2. The van der Waals surface area contributed by atoms with E-state index in [1.165, 1.54) is 0 Å². The fraction of sp³-hybridized carbons (Fsp3) is 0.682. The van der Waals surface area contributed by atoms with E-state index in [-0.39, 0.29) is 18.6 Å². The van der Waals surface area contributed by atoms with E-state index in [1.807, 2.05) is 0 Å². The molecule has 0 spiro atoms. The van der Waals surface area contributed by atoms with Crippen molar-refractivity contribution in [1.29, 1.82) is 0 Å². The molecule has 0 aromatic heterocycles. The zero-order chi connectivity index (χ0) is 22.2. The molecule has 1 aliphatic rings. The number of ether oxygens (including phenoxy) is 1. The molecular formula is C22H36N2O5S. The lowest BCUT2D eigenvalue weighted by Gasteiger charge is -2.39. The molecule has 7 nitrogen and oxygen atoms in total. The molecule has 2 rings (SSSR count). The van der Waals surface area contributed by atoms with Crippen LogP contribution in [0.2, 0.25) is 0 Å². The summed E-state index contributed by atoms with van der Waals surface area (Å²) in [5, 5.41) is 9.25. The molecule has 1 saturated heterocycles. The van der Waals surface area contributed by atoms with E-state index in [0.717, 1.165) is 25.8 Å². The van der Waals surface area contributed by atoms with Gasteiger partial charge in [0.2, 0.25) is 0 Å². The number of nitrogens with zero attached hydrogens (tertiary/aromatic N) is 1. The smallest absolute Gasteiger partial charge is 0.264 e. The SMILES string of the molecule is CCCCN1CCC(C(=O)NO)(S(=O)(=O)Cc2ccc(OCCC(C)C)cc2)CC1. The number of carbonyl (C=O) groups excluding carboxylic acids is 1. The van der Waals surface area contributed by atoms with Crippen molar-refractivity contribution in [3.05, 3.63) is 29.8 Å². The van der Waals surface area contributed by atoms with E-state index in [4.69, 9.17) is 4.74 Å². The number of benzene rings is 1. The summed E-state index contributed by atoms with van der Waals surface area (Å²) >= 11 is 0. The lowest BCUT2D eigenvalue weighted by molar-refractivity contribution is -0.133. The van der Waals surface area contributed by atoms with Gasteiger partial charge in [0.15, 0.2) is 14.6 Å². The molecule has 0 unspecified atom stereocenters. The molecule has 1 aromatic carbocycles. The molecule has 8 heteroatoms. The van der Waals surface area contributed by atoms with E-state index in [2.05, 4.69) is 25.7 Å². The zero-order valence-electron chi connectivity index (χ0n) is 18.4. The topological polar surface area (TPSA) is 95.9 Å². The molecule has 0 atom stereocenters. The maximum atomic E-state index is 13.3. The largest absolute Gasteiger partial charge is 0.494 e. The summed E-state index contributed by atoms with van der Waals surface area (Å²) in [7, 11) is -3.83. The van der Waals surface area contributed by atoms with Crippen LogP contribution in [0.3, 0.4) is 0 Å². The van der Waals surface area contributed by atoms with Gasteiger partial charge in [-0.25, -0.2) is 13.9 Å². The molecule has 2 N–H and O–H groups in total. The number of piperidine rings is 1. The number of amides is 1. The Bertz CT molecular complexity index is 769. The van der Waals surface area contributed by atoms with Gasteiger partial charge >= 0.3 is 0 Å². The van der Waals surface area contributed by atoms with Crippen LogP contribution in [-0.2, 0) is 20.4 Å². The second-order valence-electron chi connectivity index (χ2n) is 8.56. The second kappa shape index (κ2) is 11.1. The fourth-order valence-corrected chi connectivity index (χ4v) is 5.79. The summed E-state index contributed by atoms with van der Waals surface area (Å²) in [5.74, 6) is 0.175. The Labute approximate surface area is 180 Å². The van der Waals surface area contributed by atoms with Gasteiger partial charge < -0.3 is 9.64 Å². The van der Waals surface area contributed by atoms with Crippen molar-refractivity contribution >= 4 is 15.7 Å². The molecule has 0 saturated carbocycles. The molecule has 0 bridgehead atoms. The molecule has 1 aromatic rings. The number of hydrogen-bond donors (Lipinski definition) is 2. The van der Waals surface area contributed by atoms with Gasteiger partial charge in [0.25, 0.3) is 5.91 Å². The first-order valence-electron chi connectivity index (χ1n) is 10.8. The third-order valence-corrected chi connectivity index (χ3v) is 8.34. The van der Waals surface area contributed by atoms with Crippen LogP contribution >= 0.6 is 0 Å². The monoisotopic (exact) mass is 440 g/mol. The molecule has 0 aliphatic carbocycles. The van der Waals surface area contributed by atoms with Crippen molar-refractivity contribution in [2.45, 2.75) is 63.4 Å². The van der Waals surface area contributed by atoms with E-state index in [0.29, 0.717) is 36.9 Å². The van der Waals surface area contributed by atoms with Gasteiger partial charge in [0.05, 0.1) is 12.4 Å². The first kappa shape index (κ1) is 24.6. The standard InChI is InChI=1S/C22H36N2O5S/c1-4-5-13-24-14-11-22(12-15-24,21(25)23-26)30(27,28)17-19-6-8-20(9-7-19)29-16-10-18(2)3/h6-9,18,26H,4-5,10-17H2,1-3H3,(H,23,25). The number of sulfone groups is 1. The summed E-state index contributed by atoms with van der Waals surface area (Å²) in [4.78, 5) is 14.7. The Kier molecular flexibility index (Phi) is 9.12. The number of hydroxylamine groups is 1. The summed E-state index contributed by atoms with van der Waals surface area (Å²) in [6.45, 7) is 8.92. The summed E-state index contributed by atoms with van der Waals surface area (Å²) < 4.78 is 30.7. The lowest BCUT2D eigenvalue weighted by atomic mass is 9.94. The highest BCUT2D eigenvalue weighted by Gasteiger charge is 2.51. The van der Waals surface area contributed by atoms with Crippen LogP contribution in [0.15, 0.2) is 24.3 Å². The van der Waals surface area contributed by atoms with Gasteiger partial charge in [-0.1, -0.05) is 39.3 Å². The molecular weight excluding hydrogens is 404 g/mol.